The lowest BCUT2D eigenvalue weighted by molar-refractivity contribution is -0.134. The van der Waals surface area contributed by atoms with E-state index in [9.17, 15) is 14.4 Å². The minimum atomic E-state index is -0.887. The zero-order valence-corrected chi connectivity index (χ0v) is 16.7. The lowest BCUT2D eigenvalue weighted by Gasteiger charge is -2.29. The molecule has 8 heteroatoms. The molecule has 29 heavy (non-hydrogen) atoms. The van der Waals surface area contributed by atoms with E-state index in [0.29, 0.717) is 11.3 Å². The maximum atomic E-state index is 12.6. The van der Waals surface area contributed by atoms with Gasteiger partial charge < -0.3 is 14.4 Å². The van der Waals surface area contributed by atoms with Crippen molar-refractivity contribution < 1.29 is 23.9 Å². The molecule has 2 aromatic rings. The fourth-order valence-electron chi connectivity index (χ4n) is 3.17. The number of amides is 3. The van der Waals surface area contributed by atoms with E-state index >= 15 is 0 Å². The van der Waals surface area contributed by atoms with Crippen LogP contribution in [0.1, 0.15) is 21.5 Å². The maximum Gasteiger partial charge on any atom is 0.291 e. The summed E-state index contributed by atoms with van der Waals surface area (Å²) in [5.41, 5.74) is 1.52. The maximum absolute atomic E-state index is 12.6. The Hall–Kier alpha value is -2.84. The Morgan fingerprint density at radius 2 is 1.93 bits per heavy atom. The van der Waals surface area contributed by atoms with Gasteiger partial charge in [-0.1, -0.05) is 36.4 Å². The zero-order valence-electron chi connectivity index (χ0n) is 15.9. The van der Waals surface area contributed by atoms with E-state index in [2.05, 4.69) is 0 Å². The Morgan fingerprint density at radius 3 is 2.72 bits per heavy atom. The third-order valence-corrected chi connectivity index (χ3v) is 5.71. The Kier molecular flexibility index (Phi) is 5.55. The monoisotopic (exact) mass is 412 g/mol. The molecule has 4 rings (SSSR count). The molecule has 2 heterocycles. The molecule has 2 aliphatic rings. The van der Waals surface area contributed by atoms with Crippen LogP contribution in [0.5, 0.6) is 5.75 Å². The highest BCUT2D eigenvalue weighted by Crippen LogP contribution is 2.30. The van der Waals surface area contributed by atoms with Gasteiger partial charge >= 0.3 is 0 Å². The number of hydrogen-bond acceptors (Lipinski definition) is 6. The second kappa shape index (κ2) is 8.26. The van der Waals surface area contributed by atoms with Crippen molar-refractivity contribution in [1.29, 1.82) is 0 Å². The summed E-state index contributed by atoms with van der Waals surface area (Å²) in [6.45, 7) is 2.69. The van der Waals surface area contributed by atoms with Gasteiger partial charge in [-0.25, -0.2) is 0 Å². The van der Waals surface area contributed by atoms with Crippen molar-refractivity contribution in [1.82, 2.24) is 9.80 Å². The third kappa shape index (κ3) is 4.13. The van der Waals surface area contributed by atoms with Crippen LogP contribution in [0.2, 0.25) is 0 Å². The predicted molar refractivity (Wildman–Crippen MR) is 107 cm³/mol. The molecule has 0 saturated carbocycles. The number of thioether (sulfide) groups is 1. The van der Waals surface area contributed by atoms with Crippen LogP contribution in [0.3, 0.4) is 0 Å². The molecule has 150 valence electrons. The first-order chi connectivity index (χ1) is 14.0. The molecule has 0 N–H and O–H groups in total. The summed E-state index contributed by atoms with van der Waals surface area (Å²) >= 11 is 0.859. The number of ether oxygens (including phenoxy) is 2. The fourth-order valence-corrected chi connectivity index (χ4v) is 4.03. The van der Waals surface area contributed by atoms with Crippen LogP contribution in [0.4, 0.5) is 4.79 Å². The molecule has 0 bridgehead atoms. The highest BCUT2D eigenvalue weighted by atomic mass is 32.2. The van der Waals surface area contributed by atoms with E-state index in [0.717, 1.165) is 22.9 Å². The molecule has 0 spiro atoms. The molecule has 3 amide bonds. The molecule has 1 atom stereocenters. The van der Waals surface area contributed by atoms with Crippen molar-refractivity contribution >= 4 is 28.8 Å². The first kappa shape index (κ1) is 19.5. The molecule has 0 aliphatic carbocycles. The summed E-state index contributed by atoms with van der Waals surface area (Å²) in [6, 6.07) is 14.8. The van der Waals surface area contributed by atoms with Gasteiger partial charge in [-0.05, 0) is 41.9 Å². The molecule has 0 radical (unpaired) electrons. The number of rotatable bonds is 6. The molecular formula is C21H20N2O5S. The number of nitrogens with zero attached hydrogens (tertiary/aromatic N) is 2. The van der Waals surface area contributed by atoms with Crippen molar-refractivity contribution in [2.24, 2.45) is 0 Å². The highest BCUT2D eigenvalue weighted by molar-refractivity contribution is 8.15. The lowest BCUT2D eigenvalue weighted by Crippen LogP contribution is -2.41. The number of hydrogen-bond donors (Lipinski definition) is 0. The molecular weight excluding hydrogens is 392 g/mol. The van der Waals surface area contributed by atoms with Crippen LogP contribution >= 0.6 is 11.8 Å². The second-order valence-electron chi connectivity index (χ2n) is 6.84. The Bertz CT molecular complexity index is 949. The first-order valence-electron chi connectivity index (χ1n) is 9.23. The van der Waals surface area contributed by atoms with Crippen LogP contribution in [-0.4, -0.2) is 52.2 Å². The van der Waals surface area contributed by atoms with Gasteiger partial charge in [0.1, 0.15) is 5.75 Å². The molecule has 2 aromatic carbocycles. The fraction of sp³-hybridized carbons (Fsp3) is 0.286. The number of imide groups is 1. The summed E-state index contributed by atoms with van der Waals surface area (Å²) in [5, 5.41) is -0.328. The van der Waals surface area contributed by atoms with E-state index in [1.165, 1.54) is 9.80 Å². The Morgan fingerprint density at radius 1 is 1.14 bits per heavy atom. The zero-order chi connectivity index (χ0) is 20.4. The van der Waals surface area contributed by atoms with Gasteiger partial charge in [0.25, 0.3) is 17.1 Å². The van der Waals surface area contributed by atoms with Crippen LogP contribution in [-0.2, 0) is 16.1 Å². The van der Waals surface area contributed by atoms with E-state index < -0.39 is 5.44 Å². The second-order valence-corrected chi connectivity index (χ2v) is 7.85. The van der Waals surface area contributed by atoms with Crippen LogP contribution in [0.15, 0.2) is 48.5 Å². The SMILES string of the molecule is Cc1ccc2c(c1)OCN(CCOC1SC(=O)N(Cc3ccccc3)C1=O)C2=O. The minimum absolute atomic E-state index is 0.128. The van der Waals surface area contributed by atoms with Gasteiger partial charge in [0.2, 0.25) is 0 Å². The highest BCUT2D eigenvalue weighted by Gasteiger charge is 2.40. The Balaban J connectivity index is 1.31. The Labute approximate surface area is 172 Å². The quantitative estimate of drug-likeness (QED) is 0.726. The third-order valence-electron chi connectivity index (χ3n) is 4.74. The van der Waals surface area contributed by atoms with Crippen molar-refractivity contribution in [2.75, 3.05) is 19.9 Å². The number of fused-ring (bicyclic) bond motifs is 1. The molecule has 1 unspecified atom stereocenters. The molecule has 0 aromatic heterocycles. The topological polar surface area (TPSA) is 76.2 Å². The van der Waals surface area contributed by atoms with E-state index in [1.54, 1.807) is 6.07 Å². The molecule has 7 nitrogen and oxygen atoms in total. The summed E-state index contributed by atoms with van der Waals surface area (Å²) in [7, 11) is 0. The van der Waals surface area contributed by atoms with Gasteiger partial charge in [0.05, 0.1) is 18.7 Å². The summed E-state index contributed by atoms with van der Waals surface area (Å²) in [6.07, 6.45) is 0. The number of benzene rings is 2. The predicted octanol–water partition coefficient (Wildman–Crippen LogP) is 3.03. The number of carbonyl (C=O) groups is 3. The van der Waals surface area contributed by atoms with Crippen molar-refractivity contribution in [3.8, 4) is 5.75 Å². The van der Waals surface area contributed by atoms with Crippen molar-refractivity contribution in [2.45, 2.75) is 18.9 Å². The van der Waals surface area contributed by atoms with Gasteiger partial charge in [0, 0.05) is 6.54 Å². The van der Waals surface area contributed by atoms with Crippen molar-refractivity contribution in [3.63, 3.8) is 0 Å². The average molecular weight is 412 g/mol. The van der Waals surface area contributed by atoms with E-state index in [4.69, 9.17) is 9.47 Å². The average Bonchev–Trinajstić information content (AvgIpc) is 2.98. The minimum Gasteiger partial charge on any atom is -0.472 e. The molecule has 1 saturated heterocycles. The number of aryl methyl sites for hydroxylation is 1. The summed E-state index contributed by atoms with van der Waals surface area (Å²) in [5.74, 6) is 0.0729. The summed E-state index contributed by atoms with van der Waals surface area (Å²) < 4.78 is 11.3. The summed E-state index contributed by atoms with van der Waals surface area (Å²) in [4.78, 5) is 40.0. The van der Waals surface area contributed by atoms with E-state index in [1.807, 2.05) is 49.4 Å². The smallest absolute Gasteiger partial charge is 0.291 e. The largest absolute Gasteiger partial charge is 0.472 e. The van der Waals surface area contributed by atoms with Crippen molar-refractivity contribution in [3.05, 3.63) is 65.2 Å². The lowest BCUT2D eigenvalue weighted by atomic mass is 10.1. The van der Waals surface area contributed by atoms with Crippen LogP contribution in [0.25, 0.3) is 0 Å². The molecule has 1 fully saturated rings. The first-order valence-corrected chi connectivity index (χ1v) is 10.1. The van der Waals surface area contributed by atoms with Gasteiger partial charge in [-0.3, -0.25) is 19.3 Å². The van der Waals surface area contributed by atoms with Gasteiger partial charge in [0.15, 0.2) is 12.2 Å². The van der Waals surface area contributed by atoms with Gasteiger partial charge in [-0.2, -0.15) is 0 Å². The normalized spacial score (nSPS) is 18.8. The van der Waals surface area contributed by atoms with Crippen LogP contribution < -0.4 is 4.74 Å². The van der Waals surface area contributed by atoms with Gasteiger partial charge in [-0.15, -0.1) is 0 Å². The van der Waals surface area contributed by atoms with Crippen LogP contribution in [0, 0.1) is 6.92 Å². The van der Waals surface area contributed by atoms with E-state index in [-0.39, 0.29) is 43.5 Å². The number of carbonyl (C=O) groups excluding carboxylic acids is 3. The molecule has 2 aliphatic heterocycles. The standard InChI is InChI=1S/C21H20N2O5S/c1-14-7-8-16-17(11-14)28-13-22(18(16)24)9-10-27-20-19(25)23(21(26)29-20)12-15-5-3-2-4-6-15/h2-8,11,20H,9-10,12-13H2,1H3.